The SMILES string of the molecule is O=C1[C@H]2[C@H]3CC[C@@H](C3)[C@@H]2C(=O)N1O. The van der Waals surface area contributed by atoms with Gasteiger partial charge >= 0.3 is 0 Å². The zero-order chi connectivity index (χ0) is 9.16. The molecular weight excluding hydrogens is 170 g/mol. The molecule has 2 amide bonds. The van der Waals surface area contributed by atoms with Gasteiger partial charge in [-0.05, 0) is 31.1 Å². The number of hydrogen-bond acceptors (Lipinski definition) is 3. The lowest BCUT2D eigenvalue weighted by atomic mass is 9.81. The van der Waals surface area contributed by atoms with Crippen molar-refractivity contribution in [3.63, 3.8) is 0 Å². The molecule has 2 aliphatic carbocycles. The summed E-state index contributed by atoms with van der Waals surface area (Å²) in [5.41, 5.74) is 0. The third kappa shape index (κ3) is 0.705. The maximum absolute atomic E-state index is 11.4. The van der Waals surface area contributed by atoms with E-state index in [2.05, 4.69) is 0 Å². The summed E-state index contributed by atoms with van der Waals surface area (Å²) < 4.78 is 0. The van der Waals surface area contributed by atoms with Crippen molar-refractivity contribution >= 4 is 11.8 Å². The molecule has 0 spiro atoms. The Bertz CT molecular complexity index is 273. The van der Waals surface area contributed by atoms with Gasteiger partial charge in [0.1, 0.15) is 0 Å². The van der Waals surface area contributed by atoms with E-state index in [0.717, 1.165) is 19.3 Å². The second-order valence-corrected chi connectivity index (χ2v) is 4.37. The lowest BCUT2D eigenvalue weighted by Gasteiger charge is -2.18. The largest absolute Gasteiger partial charge is 0.278 e. The molecule has 0 unspecified atom stereocenters. The Hall–Kier alpha value is -0.900. The number of hydrogen-bond donors (Lipinski definition) is 1. The number of carbonyl (C=O) groups excluding carboxylic acids is 2. The van der Waals surface area contributed by atoms with E-state index in [9.17, 15) is 9.59 Å². The van der Waals surface area contributed by atoms with Crippen LogP contribution in [-0.2, 0) is 9.59 Å². The predicted molar refractivity (Wildman–Crippen MR) is 41.5 cm³/mol. The van der Waals surface area contributed by atoms with Gasteiger partial charge in [0.2, 0.25) is 0 Å². The maximum Gasteiger partial charge on any atom is 0.257 e. The van der Waals surface area contributed by atoms with E-state index in [1.807, 2.05) is 0 Å². The number of fused-ring (bicyclic) bond motifs is 5. The lowest BCUT2D eigenvalue weighted by molar-refractivity contribution is -0.174. The lowest BCUT2D eigenvalue weighted by Crippen LogP contribution is -2.29. The predicted octanol–water partition coefficient (Wildman–Crippen LogP) is 0.407. The van der Waals surface area contributed by atoms with Crippen LogP contribution < -0.4 is 0 Å². The van der Waals surface area contributed by atoms with Crippen LogP contribution in [0, 0.1) is 23.7 Å². The summed E-state index contributed by atoms with van der Waals surface area (Å²) in [6.45, 7) is 0. The van der Waals surface area contributed by atoms with Crippen LogP contribution in [0.3, 0.4) is 0 Å². The van der Waals surface area contributed by atoms with Gasteiger partial charge in [-0.1, -0.05) is 0 Å². The molecule has 3 rings (SSSR count). The zero-order valence-corrected chi connectivity index (χ0v) is 7.14. The molecule has 4 nitrogen and oxygen atoms in total. The molecule has 2 bridgehead atoms. The first-order valence-electron chi connectivity index (χ1n) is 4.77. The van der Waals surface area contributed by atoms with E-state index in [0.29, 0.717) is 16.9 Å². The van der Waals surface area contributed by atoms with Crippen LogP contribution in [0.15, 0.2) is 0 Å². The van der Waals surface area contributed by atoms with Crippen LogP contribution in [-0.4, -0.2) is 22.1 Å². The minimum atomic E-state index is -0.359. The van der Waals surface area contributed by atoms with Crippen molar-refractivity contribution < 1.29 is 14.8 Å². The molecule has 0 aromatic heterocycles. The van der Waals surface area contributed by atoms with E-state index < -0.39 is 0 Å². The molecule has 3 aliphatic rings. The fraction of sp³-hybridized carbons (Fsp3) is 0.778. The Balaban J connectivity index is 2.03. The molecule has 4 heteroatoms. The number of rotatable bonds is 0. The van der Waals surface area contributed by atoms with Gasteiger partial charge in [-0.3, -0.25) is 14.8 Å². The first kappa shape index (κ1) is 7.50. The highest BCUT2D eigenvalue weighted by atomic mass is 16.5. The number of amides is 2. The highest BCUT2D eigenvalue weighted by Gasteiger charge is 2.60. The Morgan fingerprint density at radius 1 is 1.08 bits per heavy atom. The summed E-state index contributed by atoms with van der Waals surface area (Å²) >= 11 is 0. The number of imide groups is 1. The maximum atomic E-state index is 11.4. The highest BCUT2D eigenvalue weighted by molar-refractivity contribution is 6.04. The fourth-order valence-electron chi connectivity index (χ4n) is 3.39. The van der Waals surface area contributed by atoms with Crippen LogP contribution in [0.25, 0.3) is 0 Å². The van der Waals surface area contributed by atoms with E-state index in [4.69, 9.17) is 5.21 Å². The van der Waals surface area contributed by atoms with E-state index in [1.165, 1.54) is 0 Å². The van der Waals surface area contributed by atoms with Crippen LogP contribution >= 0.6 is 0 Å². The van der Waals surface area contributed by atoms with Gasteiger partial charge in [0.25, 0.3) is 11.8 Å². The summed E-state index contributed by atoms with van der Waals surface area (Å²) in [6, 6.07) is 0. The normalized spacial score (nSPS) is 47.6. The first-order chi connectivity index (χ1) is 6.20. The molecular formula is C9H11NO3. The second-order valence-electron chi connectivity index (χ2n) is 4.37. The molecule has 4 atom stereocenters. The molecule has 0 radical (unpaired) electrons. The average Bonchev–Trinajstić information content (AvgIpc) is 2.76. The van der Waals surface area contributed by atoms with Crippen LogP contribution in [0.1, 0.15) is 19.3 Å². The molecule has 13 heavy (non-hydrogen) atoms. The van der Waals surface area contributed by atoms with Crippen molar-refractivity contribution in [1.82, 2.24) is 5.06 Å². The topological polar surface area (TPSA) is 57.6 Å². The van der Waals surface area contributed by atoms with E-state index in [-0.39, 0.29) is 23.7 Å². The molecule has 0 aromatic rings. The molecule has 1 heterocycles. The molecule has 1 aliphatic heterocycles. The van der Waals surface area contributed by atoms with Crippen LogP contribution in [0.5, 0.6) is 0 Å². The standard InChI is InChI=1S/C9H11NO3/c11-8-6-4-1-2-5(3-4)7(6)9(12)10(8)13/h4-7,13H,1-3H2/t4-,5-,6-,7-/m0/s1. The smallest absolute Gasteiger partial charge is 0.257 e. The minimum absolute atomic E-state index is 0.184. The van der Waals surface area contributed by atoms with Gasteiger partial charge < -0.3 is 0 Å². The minimum Gasteiger partial charge on any atom is -0.278 e. The van der Waals surface area contributed by atoms with Gasteiger partial charge in [-0.2, -0.15) is 5.06 Å². The Morgan fingerprint density at radius 3 is 2.00 bits per heavy atom. The van der Waals surface area contributed by atoms with E-state index >= 15 is 0 Å². The number of nitrogens with zero attached hydrogens (tertiary/aromatic N) is 1. The summed E-state index contributed by atoms with van der Waals surface area (Å²) in [6.07, 6.45) is 3.12. The molecule has 2 saturated carbocycles. The Morgan fingerprint density at radius 2 is 1.54 bits per heavy atom. The van der Waals surface area contributed by atoms with Gasteiger partial charge in [-0.25, -0.2) is 0 Å². The van der Waals surface area contributed by atoms with E-state index in [1.54, 1.807) is 0 Å². The highest BCUT2D eigenvalue weighted by Crippen LogP contribution is 2.55. The average molecular weight is 181 g/mol. The Kier molecular flexibility index (Phi) is 1.22. The van der Waals surface area contributed by atoms with Gasteiger partial charge in [0.15, 0.2) is 0 Å². The molecule has 3 fully saturated rings. The monoisotopic (exact) mass is 181 g/mol. The molecule has 1 saturated heterocycles. The summed E-state index contributed by atoms with van der Waals surface area (Å²) in [7, 11) is 0. The third-order valence-electron chi connectivity index (χ3n) is 3.90. The van der Waals surface area contributed by atoms with Gasteiger partial charge in [0, 0.05) is 0 Å². The second kappa shape index (κ2) is 2.12. The van der Waals surface area contributed by atoms with Crippen molar-refractivity contribution in [3.05, 3.63) is 0 Å². The summed E-state index contributed by atoms with van der Waals surface area (Å²) in [4.78, 5) is 22.9. The van der Waals surface area contributed by atoms with Crippen LogP contribution in [0.4, 0.5) is 0 Å². The first-order valence-corrected chi connectivity index (χ1v) is 4.77. The molecule has 0 aromatic carbocycles. The number of carbonyl (C=O) groups is 2. The van der Waals surface area contributed by atoms with Crippen molar-refractivity contribution in [2.24, 2.45) is 23.7 Å². The zero-order valence-electron chi connectivity index (χ0n) is 7.14. The van der Waals surface area contributed by atoms with Crippen molar-refractivity contribution in [2.45, 2.75) is 19.3 Å². The van der Waals surface area contributed by atoms with Crippen LogP contribution in [0.2, 0.25) is 0 Å². The van der Waals surface area contributed by atoms with Gasteiger partial charge in [-0.15, -0.1) is 0 Å². The quantitative estimate of drug-likeness (QED) is 0.435. The number of hydroxylamine groups is 2. The Labute approximate surface area is 75.5 Å². The van der Waals surface area contributed by atoms with Gasteiger partial charge in [0.05, 0.1) is 11.8 Å². The van der Waals surface area contributed by atoms with Crippen molar-refractivity contribution in [2.75, 3.05) is 0 Å². The fourth-order valence-corrected chi connectivity index (χ4v) is 3.39. The van der Waals surface area contributed by atoms with Crippen molar-refractivity contribution in [1.29, 1.82) is 0 Å². The summed E-state index contributed by atoms with van der Waals surface area (Å²) in [5, 5.41) is 9.52. The third-order valence-corrected chi connectivity index (χ3v) is 3.90. The molecule has 70 valence electrons. The summed E-state index contributed by atoms with van der Waals surface area (Å²) in [5.74, 6) is -0.357. The molecule has 1 N–H and O–H groups in total. The van der Waals surface area contributed by atoms with Crippen molar-refractivity contribution in [3.8, 4) is 0 Å².